The van der Waals surface area contributed by atoms with Crippen LogP contribution in [0.5, 0.6) is 5.75 Å². The fourth-order valence-corrected chi connectivity index (χ4v) is 1.89. The average molecular weight is 281 g/mol. The van der Waals surface area contributed by atoms with Crippen molar-refractivity contribution in [2.24, 2.45) is 7.05 Å². The molecule has 0 saturated heterocycles. The quantitative estimate of drug-likeness (QED) is 0.896. The summed E-state index contributed by atoms with van der Waals surface area (Å²) in [4.78, 5) is 12.0. The van der Waals surface area contributed by atoms with Gasteiger partial charge in [0.05, 0.1) is 11.6 Å². The van der Waals surface area contributed by atoms with Crippen molar-refractivity contribution in [3.05, 3.63) is 40.9 Å². The molecule has 2 N–H and O–H groups in total. The molecule has 1 atom stereocenters. The highest BCUT2D eigenvalue weighted by Crippen LogP contribution is 2.22. The molecule has 1 unspecified atom stereocenters. The monoisotopic (exact) mass is 280 g/mol. The van der Waals surface area contributed by atoms with Crippen molar-refractivity contribution < 1.29 is 9.90 Å². The number of carbonyl (C=O) groups is 1. The number of carbonyl (C=O) groups excluding carboxylic acids is 1. The third-order valence-electron chi connectivity index (χ3n) is 2.68. The maximum Gasteiger partial charge on any atom is 0.255 e. The SMILES string of the molecule is CC(NC(=O)c1cc(Cl)ccc1O)c1nncn1C. The Balaban J connectivity index is 2.17. The van der Waals surface area contributed by atoms with Crippen LogP contribution < -0.4 is 5.32 Å². The van der Waals surface area contributed by atoms with E-state index in [2.05, 4.69) is 15.5 Å². The van der Waals surface area contributed by atoms with E-state index in [0.29, 0.717) is 10.8 Å². The van der Waals surface area contributed by atoms with E-state index in [1.165, 1.54) is 18.2 Å². The number of benzene rings is 1. The van der Waals surface area contributed by atoms with Gasteiger partial charge >= 0.3 is 0 Å². The summed E-state index contributed by atoms with van der Waals surface area (Å²) in [5.74, 6) is 0.0810. The van der Waals surface area contributed by atoms with Crippen molar-refractivity contribution in [2.75, 3.05) is 0 Å². The standard InChI is InChI=1S/C12H13ClN4O2/c1-7(11-16-14-6-17(11)2)15-12(19)9-5-8(13)3-4-10(9)18/h3-7,18H,1-2H3,(H,15,19). The number of aromatic hydroxyl groups is 1. The molecule has 0 saturated carbocycles. The lowest BCUT2D eigenvalue weighted by atomic mass is 10.1. The molecule has 0 aliphatic carbocycles. The van der Waals surface area contributed by atoms with Gasteiger partial charge in [-0.3, -0.25) is 4.79 Å². The number of nitrogens with one attached hydrogen (secondary N) is 1. The van der Waals surface area contributed by atoms with Gasteiger partial charge < -0.3 is 15.0 Å². The average Bonchev–Trinajstić information content (AvgIpc) is 2.78. The Morgan fingerprint density at radius 2 is 2.26 bits per heavy atom. The molecular formula is C12H13ClN4O2. The second kappa shape index (κ2) is 5.27. The molecule has 0 bridgehead atoms. The number of nitrogens with zero attached hydrogens (tertiary/aromatic N) is 3. The molecule has 1 aromatic carbocycles. The van der Waals surface area contributed by atoms with Crippen molar-refractivity contribution in [3.8, 4) is 5.75 Å². The first-order chi connectivity index (χ1) is 8.99. The minimum Gasteiger partial charge on any atom is -0.507 e. The first-order valence-electron chi connectivity index (χ1n) is 5.62. The first kappa shape index (κ1) is 13.4. The summed E-state index contributed by atoms with van der Waals surface area (Å²) in [7, 11) is 1.79. The summed E-state index contributed by atoms with van der Waals surface area (Å²) < 4.78 is 1.71. The topological polar surface area (TPSA) is 80.0 Å². The molecule has 7 heteroatoms. The van der Waals surface area contributed by atoms with Gasteiger partial charge in [0.15, 0.2) is 5.82 Å². The van der Waals surface area contributed by atoms with Crippen LogP contribution >= 0.6 is 11.6 Å². The van der Waals surface area contributed by atoms with Crippen molar-refractivity contribution >= 4 is 17.5 Å². The number of aryl methyl sites for hydroxylation is 1. The van der Waals surface area contributed by atoms with Gasteiger partial charge in [0.1, 0.15) is 12.1 Å². The normalized spacial score (nSPS) is 12.2. The summed E-state index contributed by atoms with van der Waals surface area (Å²) in [6.07, 6.45) is 1.55. The lowest BCUT2D eigenvalue weighted by molar-refractivity contribution is 0.0935. The number of halogens is 1. The minimum absolute atomic E-state index is 0.118. The molecule has 1 heterocycles. The van der Waals surface area contributed by atoms with Gasteiger partial charge in [-0.2, -0.15) is 0 Å². The van der Waals surface area contributed by atoms with Crippen LogP contribution in [0.25, 0.3) is 0 Å². The lowest BCUT2D eigenvalue weighted by Crippen LogP contribution is -2.28. The molecule has 0 aliphatic rings. The number of hydrogen-bond donors (Lipinski definition) is 2. The highest BCUT2D eigenvalue weighted by Gasteiger charge is 2.17. The van der Waals surface area contributed by atoms with Crippen molar-refractivity contribution in [1.29, 1.82) is 0 Å². The highest BCUT2D eigenvalue weighted by atomic mass is 35.5. The maximum absolute atomic E-state index is 12.0. The Labute approximate surface area is 115 Å². The number of rotatable bonds is 3. The number of phenols is 1. The Morgan fingerprint density at radius 3 is 2.89 bits per heavy atom. The van der Waals surface area contributed by atoms with Gasteiger partial charge in [-0.15, -0.1) is 10.2 Å². The minimum atomic E-state index is -0.421. The van der Waals surface area contributed by atoms with Crippen LogP contribution in [0.1, 0.15) is 29.1 Å². The van der Waals surface area contributed by atoms with Gasteiger partial charge in [0.2, 0.25) is 0 Å². The van der Waals surface area contributed by atoms with Crippen LogP contribution in [0.15, 0.2) is 24.5 Å². The Kier molecular flexibility index (Phi) is 3.71. The van der Waals surface area contributed by atoms with E-state index in [4.69, 9.17) is 11.6 Å². The molecule has 19 heavy (non-hydrogen) atoms. The Morgan fingerprint density at radius 1 is 1.53 bits per heavy atom. The summed E-state index contributed by atoms with van der Waals surface area (Å²) in [5, 5.41) is 20.4. The number of phenolic OH excluding ortho intramolecular Hbond substituents is 1. The lowest BCUT2D eigenvalue weighted by Gasteiger charge is -2.13. The van der Waals surface area contributed by atoms with E-state index in [0.717, 1.165) is 0 Å². The van der Waals surface area contributed by atoms with Crippen LogP contribution in [-0.4, -0.2) is 25.8 Å². The smallest absolute Gasteiger partial charge is 0.255 e. The third kappa shape index (κ3) is 2.85. The molecule has 100 valence electrons. The largest absolute Gasteiger partial charge is 0.507 e. The van der Waals surface area contributed by atoms with E-state index in [1.54, 1.807) is 24.9 Å². The van der Waals surface area contributed by atoms with Gasteiger partial charge in [0.25, 0.3) is 5.91 Å². The molecule has 2 rings (SSSR count). The summed E-state index contributed by atoms with van der Waals surface area (Å²) in [6.45, 7) is 1.78. The molecule has 6 nitrogen and oxygen atoms in total. The van der Waals surface area contributed by atoms with Crippen LogP contribution in [0, 0.1) is 0 Å². The van der Waals surface area contributed by atoms with Gasteiger partial charge in [-0.25, -0.2) is 0 Å². The predicted molar refractivity (Wildman–Crippen MR) is 70.0 cm³/mol. The predicted octanol–water partition coefficient (Wildman–Crippen LogP) is 1.67. The van der Waals surface area contributed by atoms with E-state index >= 15 is 0 Å². The number of amides is 1. The molecule has 0 aliphatic heterocycles. The van der Waals surface area contributed by atoms with E-state index < -0.39 is 5.91 Å². The summed E-state index contributed by atoms with van der Waals surface area (Å²) in [5.41, 5.74) is 0.126. The zero-order valence-corrected chi connectivity index (χ0v) is 11.2. The number of hydrogen-bond acceptors (Lipinski definition) is 4. The Hall–Kier alpha value is -2.08. The van der Waals surface area contributed by atoms with Crippen molar-refractivity contribution in [3.63, 3.8) is 0 Å². The Bertz CT molecular complexity index is 612. The van der Waals surface area contributed by atoms with Crippen LogP contribution in [0.4, 0.5) is 0 Å². The van der Waals surface area contributed by atoms with E-state index in [-0.39, 0.29) is 17.4 Å². The fourth-order valence-electron chi connectivity index (χ4n) is 1.71. The zero-order chi connectivity index (χ0) is 14.0. The highest BCUT2D eigenvalue weighted by molar-refractivity contribution is 6.31. The van der Waals surface area contributed by atoms with Gasteiger partial charge in [-0.05, 0) is 25.1 Å². The first-order valence-corrected chi connectivity index (χ1v) is 6.00. The van der Waals surface area contributed by atoms with E-state index in [9.17, 15) is 9.90 Å². The van der Waals surface area contributed by atoms with E-state index in [1.807, 2.05) is 0 Å². The second-order valence-electron chi connectivity index (χ2n) is 4.16. The maximum atomic E-state index is 12.0. The molecule has 0 radical (unpaired) electrons. The van der Waals surface area contributed by atoms with Crippen LogP contribution in [0.2, 0.25) is 5.02 Å². The fraction of sp³-hybridized carbons (Fsp3) is 0.250. The molecule has 1 amide bonds. The van der Waals surface area contributed by atoms with Crippen molar-refractivity contribution in [2.45, 2.75) is 13.0 Å². The zero-order valence-electron chi connectivity index (χ0n) is 10.5. The number of aromatic nitrogens is 3. The van der Waals surface area contributed by atoms with Crippen LogP contribution in [-0.2, 0) is 7.05 Å². The third-order valence-corrected chi connectivity index (χ3v) is 2.92. The molecule has 2 aromatic rings. The molecule has 0 fully saturated rings. The van der Waals surface area contributed by atoms with Gasteiger partial charge in [0, 0.05) is 12.1 Å². The second-order valence-corrected chi connectivity index (χ2v) is 4.59. The summed E-state index contributed by atoms with van der Waals surface area (Å²) in [6, 6.07) is 3.97. The molecule has 0 spiro atoms. The van der Waals surface area contributed by atoms with Crippen molar-refractivity contribution in [1.82, 2.24) is 20.1 Å². The van der Waals surface area contributed by atoms with Crippen LogP contribution in [0.3, 0.4) is 0 Å². The summed E-state index contributed by atoms with van der Waals surface area (Å²) >= 11 is 5.80. The molecular weight excluding hydrogens is 268 g/mol. The molecule has 1 aromatic heterocycles. The van der Waals surface area contributed by atoms with Gasteiger partial charge in [-0.1, -0.05) is 11.6 Å².